The maximum atomic E-state index is 12.5. The van der Waals surface area contributed by atoms with Crippen LogP contribution >= 0.6 is 0 Å². The molecule has 3 aromatic carbocycles. The highest BCUT2D eigenvalue weighted by Crippen LogP contribution is 2.36. The van der Waals surface area contributed by atoms with Crippen LogP contribution in [0.3, 0.4) is 0 Å². The van der Waals surface area contributed by atoms with E-state index in [1.165, 1.54) is 69.8 Å². The number of unbranched alkanes of at least 4 members (excludes halogenated alkanes) is 9. The largest absolute Gasteiger partial charge is 0.297 e. The van der Waals surface area contributed by atoms with Gasteiger partial charge in [-0.2, -0.15) is 16.8 Å². The van der Waals surface area contributed by atoms with Crippen molar-refractivity contribution in [1.29, 1.82) is 0 Å². The zero-order valence-electron chi connectivity index (χ0n) is 32.6. The first-order chi connectivity index (χ1) is 23.8. The van der Waals surface area contributed by atoms with Crippen LogP contribution in [0.1, 0.15) is 166 Å². The normalized spacial score (nSPS) is 12.1. The fraction of sp³-hybridized carbons (Fsp3) is 0.619. The van der Waals surface area contributed by atoms with Gasteiger partial charge in [0.05, 0.1) is 13.2 Å². The summed E-state index contributed by atoms with van der Waals surface area (Å²) < 4.78 is 60.1. The second-order valence-corrected chi connectivity index (χ2v) is 17.0. The van der Waals surface area contributed by atoms with Crippen molar-refractivity contribution in [3.63, 3.8) is 0 Å². The summed E-state index contributed by atoms with van der Waals surface area (Å²) in [6.45, 7) is 18.4. The zero-order chi connectivity index (χ0) is 37.3. The molecule has 0 N–H and O–H groups in total. The predicted octanol–water partition coefficient (Wildman–Crippen LogP) is 11.8. The maximum absolute atomic E-state index is 12.5. The van der Waals surface area contributed by atoms with E-state index in [9.17, 15) is 16.8 Å². The third-order valence-electron chi connectivity index (χ3n) is 9.26. The van der Waals surface area contributed by atoms with E-state index in [0.29, 0.717) is 23.7 Å². The molecule has 0 unspecified atom stereocenters. The topological polar surface area (TPSA) is 86.7 Å². The molecule has 50 heavy (non-hydrogen) atoms. The molecule has 0 saturated carbocycles. The molecule has 0 amide bonds. The second kappa shape index (κ2) is 22.0. The van der Waals surface area contributed by atoms with E-state index in [2.05, 4.69) is 46.8 Å². The lowest BCUT2D eigenvalue weighted by atomic mass is 9.90. The van der Waals surface area contributed by atoms with Gasteiger partial charge in [-0.15, -0.1) is 0 Å². The first-order valence-electron chi connectivity index (χ1n) is 19.3. The van der Waals surface area contributed by atoms with Crippen LogP contribution in [0.2, 0.25) is 0 Å². The Morgan fingerprint density at radius 1 is 0.580 bits per heavy atom. The van der Waals surface area contributed by atoms with Crippen LogP contribution in [-0.2, 0) is 47.9 Å². The Morgan fingerprint density at radius 3 is 1.56 bits per heavy atom. The molecule has 6 nitrogen and oxygen atoms in total. The van der Waals surface area contributed by atoms with Crippen molar-refractivity contribution in [1.82, 2.24) is 0 Å². The van der Waals surface area contributed by atoms with Gasteiger partial charge >= 0.3 is 0 Å². The third-order valence-corrected chi connectivity index (χ3v) is 12.3. The van der Waals surface area contributed by atoms with Gasteiger partial charge in [0.2, 0.25) is 0 Å². The van der Waals surface area contributed by atoms with Crippen molar-refractivity contribution in [3.8, 4) is 0 Å². The van der Waals surface area contributed by atoms with Crippen molar-refractivity contribution < 1.29 is 25.2 Å². The molecule has 3 aromatic rings. The SMILES string of the molecule is CCCCCCCCCCCCc1cc(CC)c(S(=O)(=O)OCC)c(CC)c1.CCOS(=O)(=O)c1ccc(C(C)C)c2cccc(C(C)C)c12. The lowest BCUT2D eigenvalue weighted by Gasteiger charge is -2.18. The molecule has 0 aromatic heterocycles. The summed E-state index contributed by atoms with van der Waals surface area (Å²) >= 11 is 0. The van der Waals surface area contributed by atoms with Gasteiger partial charge in [0.25, 0.3) is 20.2 Å². The van der Waals surface area contributed by atoms with Crippen molar-refractivity contribution >= 4 is 31.0 Å². The first kappa shape index (κ1) is 43.9. The maximum Gasteiger partial charge on any atom is 0.297 e. The number of fused-ring (bicyclic) bond motifs is 1. The molecule has 0 spiro atoms. The molecule has 0 fully saturated rings. The lowest BCUT2D eigenvalue weighted by molar-refractivity contribution is 0.336. The molecule has 0 saturated heterocycles. The van der Waals surface area contributed by atoms with Gasteiger partial charge in [-0.25, -0.2) is 0 Å². The Labute approximate surface area is 306 Å². The number of rotatable bonds is 21. The molecule has 0 bridgehead atoms. The van der Waals surface area contributed by atoms with Crippen LogP contribution < -0.4 is 0 Å². The summed E-state index contributed by atoms with van der Waals surface area (Å²) in [6.07, 6.45) is 15.8. The number of aryl methyl sites for hydroxylation is 3. The molecular weight excluding hydrogens is 665 g/mol. The lowest BCUT2D eigenvalue weighted by Crippen LogP contribution is -2.12. The van der Waals surface area contributed by atoms with Crippen molar-refractivity contribution in [3.05, 3.63) is 70.3 Å². The predicted molar refractivity (Wildman–Crippen MR) is 210 cm³/mol. The summed E-state index contributed by atoms with van der Waals surface area (Å²) in [5, 5.41) is 1.80. The molecule has 8 heteroatoms. The van der Waals surface area contributed by atoms with E-state index in [0.717, 1.165) is 39.4 Å². The fourth-order valence-corrected chi connectivity index (χ4v) is 9.31. The van der Waals surface area contributed by atoms with Crippen LogP contribution in [0.4, 0.5) is 0 Å². The number of benzene rings is 3. The highest BCUT2D eigenvalue weighted by atomic mass is 32.2. The molecule has 0 aliphatic carbocycles. The van der Waals surface area contributed by atoms with E-state index in [1.807, 2.05) is 38.1 Å². The van der Waals surface area contributed by atoms with Gasteiger partial charge in [0, 0.05) is 5.39 Å². The van der Waals surface area contributed by atoms with Crippen LogP contribution in [0.25, 0.3) is 10.8 Å². The quantitative estimate of drug-likeness (QED) is 0.0801. The highest BCUT2D eigenvalue weighted by molar-refractivity contribution is 7.87. The van der Waals surface area contributed by atoms with Crippen molar-refractivity contribution in [2.75, 3.05) is 13.2 Å². The molecule has 282 valence electrons. The van der Waals surface area contributed by atoms with E-state index in [4.69, 9.17) is 8.37 Å². The standard InChI is InChI=1S/C24H42O3S.C18H24O3S/c1-5-9-10-11-12-13-14-15-16-17-18-21-19-22(6-2)24(23(7-3)20-21)28(25,26)27-8-4;1-6-21-22(19,20)17-11-10-14(12(2)3)16-9-7-8-15(13(4)5)18(16)17/h19-20H,5-18H2,1-4H3;7-13H,6H2,1-5H3. The molecular formula is C42H66O6S2. The molecule has 0 heterocycles. The zero-order valence-corrected chi connectivity index (χ0v) is 34.2. The average molecular weight is 731 g/mol. The van der Waals surface area contributed by atoms with Gasteiger partial charge in [-0.05, 0) is 90.6 Å². The van der Waals surface area contributed by atoms with Gasteiger partial charge in [0.15, 0.2) is 0 Å². The van der Waals surface area contributed by atoms with E-state index in [1.54, 1.807) is 19.9 Å². The fourth-order valence-electron chi connectivity index (χ4n) is 6.68. The van der Waals surface area contributed by atoms with E-state index < -0.39 is 20.2 Å². The van der Waals surface area contributed by atoms with E-state index in [-0.39, 0.29) is 24.0 Å². The Kier molecular flexibility index (Phi) is 19.3. The molecule has 0 aliphatic rings. The second-order valence-electron chi connectivity index (χ2n) is 13.8. The number of hydrogen-bond acceptors (Lipinski definition) is 6. The van der Waals surface area contributed by atoms with Crippen LogP contribution in [0.15, 0.2) is 52.3 Å². The summed E-state index contributed by atoms with van der Waals surface area (Å²) in [6, 6.07) is 13.8. The van der Waals surface area contributed by atoms with E-state index >= 15 is 0 Å². The van der Waals surface area contributed by atoms with Crippen LogP contribution in [0.5, 0.6) is 0 Å². The minimum atomic E-state index is -3.74. The third kappa shape index (κ3) is 12.8. The summed E-state index contributed by atoms with van der Waals surface area (Å²) in [4.78, 5) is 0.684. The van der Waals surface area contributed by atoms with Gasteiger partial charge in [-0.1, -0.05) is 143 Å². The Balaban J connectivity index is 0.000000356. The van der Waals surface area contributed by atoms with Gasteiger partial charge < -0.3 is 0 Å². The first-order valence-corrected chi connectivity index (χ1v) is 22.1. The monoisotopic (exact) mass is 730 g/mol. The molecule has 0 radical (unpaired) electrons. The number of hydrogen-bond donors (Lipinski definition) is 0. The Bertz CT molecular complexity index is 1650. The summed E-state index contributed by atoms with van der Waals surface area (Å²) in [7, 11) is -7.39. The molecule has 0 atom stereocenters. The van der Waals surface area contributed by atoms with Gasteiger partial charge in [-0.3, -0.25) is 8.37 Å². The molecule has 3 rings (SSSR count). The van der Waals surface area contributed by atoms with Crippen molar-refractivity contribution in [2.24, 2.45) is 0 Å². The average Bonchev–Trinajstić information content (AvgIpc) is 3.07. The van der Waals surface area contributed by atoms with Gasteiger partial charge in [0.1, 0.15) is 9.79 Å². The minimum Gasteiger partial charge on any atom is -0.267 e. The summed E-state index contributed by atoms with van der Waals surface area (Å²) in [5.41, 5.74) is 5.26. The minimum absolute atomic E-state index is 0.138. The smallest absolute Gasteiger partial charge is 0.267 e. The van der Waals surface area contributed by atoms with Crippen LogP contribution in [-0.4, -0.2) is 30.0 Å². The Hall–Kier alpha value is -2.26. The highest BCUT2D eigenvalue weighted by Gasteiger charge is 2.24. The Morgan fingerprint density at radius 2 is 1.08 bits per heavy atom. The van der Waals surface area contributed by atoms with Crippen LogP contribution in [0, 0.1) is 0 Å². The van der Waals surface area contributed by atoms with Crippen molar-refractivity contribution in [2.45, 2.75) is 167 Å². The summed E-state index contributed by atoms with van der Waals surface area (Å²) in [5.74, 6) is 0.565. The molecule has 0 aliphatic heterocycles.